The summed E-state index contributed by atoms with van der Waals surface area (Å²) in [7, 11) is 0. The summed E-state index contributed by atoms with van der Waals surface area (Å²) in [5.74, 6) is -0.435. The SMILES string of the molecule is Cc1ccc(Sc2cccc(F)n2)c(C)c1. The van der Waals surface area contributed by atoms with Crippen LogP contribution in [0.2, 0.25) is 0 Å². The molecule has 0 saturated heterocycles. The van der Waals surface area contributed by atoms with Crippen LogP contribution in [0.15, 0.2) is 46.3 Å². The van der Waals surface area contributed by atoms with Gasteiger partial charge in [0, 0.05) is 4.90 Å². The molecule has 0 aliphatic heterocycles. The molecule has 0 bridgehead atoms. The van der Waals surface area contributed by atoms with E-state index in [0.29, 0.717) is 5.03 Å². The molecule has 1 aromatic carbocycles. The third kappa shape index (κ3) is 2.61. The first-order valence-corrected chi connectivity index (χ1v) is 5.84. The molecule has 0 N–H and O–H groups in total. The van der Waals surface area contributed by atoms with Crippen molar-refractivity contribution in [2.45, 2.75) is 23.8 Å². The summed E-state index contributed by atoms with van der Waals surface area (Å²) in [5.41, 5.74) is 2.42. The summed E-state index contributed by atoms with van der Waals surface area (Å²) in [6.07, 6.45) is 0. The van der Waals surface area contributed by atoms with Gasteiger partial charge in [-0.05, 0) is 37.6 Å². The first kappa shape index (κ1) is 11.1. The number of benzene rings is 1. The van der Waals surface area contributed by atoms with Gasteiger partial charge in [0.25, 0.3) is 0 Å². The molecule has 0 unspecified atom stereocenters. The van der Waals surface area contributed by atoms with Gasteiger partial charge in [0.05, 0.1) is 0 Å². The molecule has 16 heavy (non-hydrogen) atoms. The first-order valence-electron chi connectivity index (χ1n) is 5.03. The minimum absolute atomic E-state index is 0.435. The van der Waals surface area contributed by atoms with Crippen LogP contribution in [0.3, 0.4) is 0 Å². The minimum Gasteiger partial charge on any atom is -0.213 e. The van der Waals surface area contributed by atoms with Gasteiger partial charge in [-0.2, -0.15) is 4.39 Å². The highest BCUT2D eigenvalue weighted by Gasteiger charge is 2.03. The maximum absolute atomic E-state index is 12.9. The molecule has 0 fully saturated rings. The van der Waals surface area contributed by atoms with Gasteiger partial charge in [-0.3, -0.25) is 0 Å². The normalized spacial score (nSPS) is 10.4. The molecule has 3 heteroatoms. The van der Waals surface area contributed by atoms with E-state index in [-0.39, 0.29) is 0 Å². The van der Waals surface area contributed by atoms with Crippen molar-refractivity contribution in [2.75, 3.05) is 0 Å². The predicted molar refractivity (Wildman–Crippen MR) is 64.2 cm³/mol. The van der Waals surface area contributed by atoms with E-state index in [1.165, 1.54) is 29.0 Å². The fourth-order valence-corrected chi connectivity index (χ4v) is 2.33. The first-order chi connectivity index (χ1) is 7.65. The maximum Gasteiger partial charge on any atom is 0.213 e. The molecule has 0 amide bonds. The lowest BCUT2D eigenvalue weighted by molar-refractivity contribution is 0.572. The van der Waals surface area contributed by atoms with Gasteiger partial charge in [-0.25, -0.2) is 4.98 Å². The molecule has 0 atom stereocenters. The maximum atomic E-state index is 12.9. The van der Waals surface area contributed by atoms with Gasteiger partial charge in [0.2, 0.25) is 5.95 Å². The molecule has 0 aliphatic rings. The second kappa shape index (κ2) is 4.66. The van der Waals surface area contributed by atoms with Crippen LogP contribution in [0, 0.1) is 19.8 Å². The average Bonchev–Trinajstić information content (AvgIpc) is 2.22. The van der Waals surface area contributed by atoms with Crippen molar-refractivity contribution in [3.8, 4) is 0 Å². The molecule has 1 aromatic heterocycles. The monoisotopic (exact) mass is 233 g/mol. The fourth-order valence-electron chi connectivity index (χ4n) is 1.47. The molecule has 1 heterocycles. The lowest BCUT2D eigenvalue weighted by Gasteiger charge is -2.05. The Labute approximate surface area is 98.7 Å². The summed E-state index contributed by atoms with van der Waals surface area (Å²) in [5, 5.41) is 0.687. The van der Waals surface area contributed by atoms with Gasteiger partial charge >= 0.3 is 0 Å². The van der Waals surface area contributed by atoms with Gasteiger partial charge in [0.1, 0.15) is 5.03 Å². The summed E-state index contributed by atoms with van der Waals surface area (Å²) >= 11 is 1.49. The molecule has 0 spiro atoms. The van der Waals surface area contributed by atoms with Crippen LogP contribution in [0.1, 0.15) is 11.1 Å². The zero-order valence-corrected chi connectivity index (χ0v) is 10.0. The van der Waals surface area contributed by atoms with Crippen LogP contribution >= 0.6 is 11.8 Å². The standard InChI is InChI=1S/C13H12FNS/c1-9-6-7-11(10(2)8-9)16-13-5-3-4-12(14)15-13/h3-8H,1-2H3. The summed E-state index contributed by atoms with van der Waals surface area (Å²) < 4.78 is 12.9. The number of nitrogens with zero attached hydrogens (tertiary/aromatic N) is 1. The Kier molecular flexibility index (Phi) is 3.25. The number of hydrogen-bond donors (Lipinski definition) is 0. The van der Waals surface area contributed by atoms with Crippen molar-refractivity contribution in [3.05, 3.63) is 53.5 Å². The van der Waals surface area contributed by atoms with Crippen LogP contribution in [0.25, 0.3) is 0 Å². The van der Waals surface area contributed by atoms with Crippen LogP contribution in [0.5, 0.6) is 0 Å². The van der Waals surface area contributed by atoms with Crippen molar-refractivity contribution in [1.82, 2.24) is 4.98 Å². The Bertz CT molecular complexity index is 511. The fraction of sp³-hybridized carbons (Fsp3) is 0.154. The lowest BCUT2D eigenvalue weighted by Crippen LogP contribution is -1.86. The van der Waals surface area contributed by atoms with E-state index >= 15 is 0 Å². The van der Waals surface area contributed by atoms with Crippen molar-refractivity contribution in [3.63, 3.8) is 0 Å². The van der Waals surface area contributed by atoms with Gasteiger partial charge in [-0.1, -0.05) is 35.5 Å². The number of rotatable bonds is 2. The number of aryl methyl sites for hydroxylation is 2. The van der Waals surface area contributed by atoms with E-state index in [1.807, 2.05) is 12.1 Å². The Hall–Kier alpha value is -1.35. The molecule has 0 radical (unpaired) electrons. The van der Waals surface area contributed by atoms with E-state index in [9.17, 15) is 4.39 Å². The zero-order valence-electron chi connectivity index (χ0n) is 9.20. The van der Waals surface area contributed by atoms with Crippen molar-refractivity contribution in [1.29, 1.82) is 0 Å². The average molecular weight is 233 g/mol. The highest BCUT2D eigenvalue weighted by Crippen LogP contribution is 2.29. The molecule has 1 nitrogen and oxygen atoms in total. The van der Waals surface area contributed by atoms with Crippen molar-refractivity contribution >= 4 is 11.8 Å². The smallest absolute Gasteiger partial charge is 0.213 e. The topological polar surface area (TPSA) is 12.9 Å². The van der Waals surface area contributed by atoms with Crippen LogP contribution < -0.4 is 0 Å². The molecule has 2 rings (SSSR count). The minimum atomic E-state index is -0.435. The molecular weight excluding hydrogens is 221 g/mol. The van der Waals surface area contributed by atoms with E-state index in [0.717, 1.165) is 4.90 Å². The third-order valence-electron chi connectivity index (χ3n) is 2.23. The number of pyridine rings is 1. The quantitative estimate of drug-likeness (QED) is 0.727. The van der Waals surface area contributed by atoms with Gasteiger partial charge in [0.15, 0.2) is 0 Å². The zero-order chi connectivity index (χ0) is 11.5. The summed E-state index contributed by atoms with van der Waals surface area (Å²) in [6, 6.07) is 11.0. The Morgan fingerprint density at radius 1 is 1.12 bits per heavy atom. The van der Waals surface area contributed by atoms with Gasteiger partial charge < -0.3 is 0 Å². The second-order valence-electron chi connectivity index (χ2n) is 3.67. The molecule has 0 saturated carbocycles. The summed E-state index contributed by atoms with van der Waals surface area (Å²) in [6.45, 7) is 4.11. The summed E-state index contributed by atoms with van der Waals surface area (Å²) in [4.78, 5) is 4.94. The highest BCUT2D eigenvalue weighted by atomic mass is 32.2. The predicted octanol–water partition coefficient (Wildman–Crippen LogP) is 3.99. The number of hydrogen-bond acceptors (Lipinski definition) is 2. The van der Waals surface area contributed by atoms with Crippen LogP contribution in [-0.4, -0.2) is 4.98 Å². The molecular formula is C13H12FNS. The van der Waals surface area contributed by atoms with E-state index < -0.39 is 5.95 Å². The van der Waals surface area contributed by atoms with Crippen LogP contribution in [0.4, 0.5) is 4.39 Å². The van der Waals surface area contributed by atoms with Crippen molar-refractivity contribution < 1.29 is 4.39 Å². The molecule has 0 aliphatic carbocycles. The molecule has 82 valence electrons. The van der Waals surface area contributed by atoms with E-state index in [2.05, 4.69) is 31.0 Å². The second-order valence-corrected chi connectivity index (χ2v) is 4.73. The number of halogens is 1. The van der Waals surface area contributed by atoms with Crippen LogP contribution in [-0.2, 0) is 0 Å². The Morgan fingerprint density at radius 2 is 1.94 bits per heavy atom. The lowest BCUT2D eigenvalue weighted by atomic mass is 10.2. The third-order valence-corrected chi connectivity index (χ3v) is 3.35. The Balaban J connectivity index is 2.27. The van der Waals surface area contributed by atoms with Gasteiger partial charge in [-0.15, -0.1) is 0 Å². The Morgan fingerprint density at radius 3 is 2.62 bits per heavy atom. The molecule has 2 aromatic rings. The van der Waals surface area contributed by atoms with E-state index in [4.69, 9.17) is 0 Å². The van der Waals surface area contributed by atoms with Crippen molar-refractivity contribution in [2.24, 2.45) is 0 Å². The van der Waals surface area contributed by atoms with E-state index in [1.54, 1.807) is 6.07 Å². The highest BCUT2D eigenvalue weighted by molar-refractivity contribution is 7.99. The largest absolute Gasteiger partial charge is 0.213 e. The number of aromatic nitrogens is 1.